The number of hydrogen-bond acceptors (Lipinski definition) is 0. The summed E-state index contributed by atoms with van der Waals surface area (Å²) < 4.78 is 1.51. The first-order valence-corrected chi connectivity index (χ1v) is 10.8. The van der Waals surface area contributed by atoms with Crippen LogP contribution in [0, 0.1) is 12.1 Å². The zero-order valence-electron chi connectivity index (χ0n) is 17.3. The van der Waals surface area contributed by atoms with Crippen LogP contribution in [-0.2, 0) is 30.7 Å². The van der Waals surface area contributed by atoms with Gasteiger partial charge in [-0.05, 0) is 6.42 Å². The van der Waals surface area contributed by atoms with Crippen molar-refractivity contribution in [2.75, 3.05) is 0 Å². The molecule has 3 aromatic rings. The third-order valence-electron chi connectivity index (χ3n) is 4.42. The fourth-order valence-electron chi connectivity index (χ4n) is 3.23. The Morgan fingerprint density at radius 3 is 2.13 bits per heavy atom. The van der Waals surface area contributed by atoms with Crippen molar-refractivity contribution in [3.8, 4) is 11.1 Å². The molecule has 0 unspecified atom stereocenters. The SMILES string of the molecule is C[C](C)=[Zr+2].[C-]1=CC(c2ccccc2)=CC1.[Cl-].[Cl-].[c-]1cccc2c1Cc1ccccc1-2. The van der Waals surface area contributed by atoms with Crippen LogP contribution in [0.15, 0.2) is 84.9 Å². The van der Waals surface area contributed by atoms with Gasteiger partial charge in [-0.15, -0.1) is 17.5 Å². The Hall–Kier alpha value is -1.53. The molecule has 0 saturated carbocycles. The normalized spacial score (nSPS) is 11.8. The molecule has 0 nitrogen and oxygen atoms in total. The molecule has 5 rings (SSSR count). The predicted molar refractivity (Wildman–Crippen MR) is 117 cm³/mol. The van der Waals surface area contributed by atoms with Gasteiger partial charge in [-0.3, -0.25) is 6.08 Å². The van der Waals surface area contributed by atoms with Crippen LogP contribution in [0.1, 0.15) is 37.0 Å². The minimum Gasteiger partial charge on any atom is -1.00 e. The topological polar surface area (TPSA) is 0 Å². The Balaban J connectivity index is 0.000000244. The Kier molecular flexibility index (Phi) is 12.1. The van der Waals surface area contributed by atoms with Gasteiger partial charge in [0.1, 0.15) is 0 Å². The number of hydrogen-bond donors (Lipinski definition) is 0. The molecule has 3 heteroatoms. The molecule has 0 spiro atoms. The largest absolute Gasteiger partial charge is 1.00 e. The molecule has 0 atom stereocenters. The second-order valence-corrected chi connectivity index (χ2v) is 9.43. The van der Waals surface area contributed by atoms with Gasteiger partial charge >= 0.3 is 41.3 Å². The monoisotopic (exact) mass is 508 g/mol. The van der Waals surface area contributed by atoms with Crippen LogP contribution in [0.3, 0.4) is 0 Å². The standard InChI is InChI=1S/C13H9.C11H9.C3H6.2ClH.Zr/c1-3-7-12-10(5-1)9-11-6-2-4-8-13(11)12;1-2-6-10(7-3-1)11-8-4-5-9-11;1-3-2;;;/h1-5,7-8H,9H2;1-3,6-9H,4H2;1-2H3;2*1H;/q2*-1;;;;+2/p-2. The molecule has 3 aromatic carbocycles. The van der Waals surface area contributed by atoms with Gasteiger partial charge in [0.25, 0.3) is 0 Å². The molecule has 0 aromatic heterocycles. The Bertz CT molecular complexity index is 957. The first kappa shape index (κ1) is 26.5. The zero-order valence-corrected chi connectivity index (χ0v) is 21.2. The van der Waals surface area contributed by atoms with E-state index in [-0.39, 0.29) is 24.8 Å². The first-order chi connectivity index (χ1) is 13.6. The van der Waals surface area contributed by atoms with Crippen LogP contribution in [0.5, 0.6) is 0 Å². The number of halogens is 2. The molecule has 0 radical (unpaired) electrons. The van der Waals surface area contributed by atoms with Gasteiger partial charge in [0.2, 0.25) is 0 Å². The molecular formula is C27H24Cl2Zr-2. The van der Waals surface area contributed by atoms with Gasteiger partial charge in [-0.25, -0.2) is 6.08 Å². The number of allylic oxidation sites excluding steroid dienone is 4. The molecule has 0 aliphatic heterocycles. The van der Waals surface area contributed by atoms with Gasteiger partial charge in [0, 0.05) is 0 Å². The van der Waals surface area contributed by atoms with Crippen LogP contribution in [0.25, 0.3) is 16.7 Å². The zero-order chi connectivity index (χ0) is 19.8. The first-order valence-electron chi connectivity index (χ1n) is 9.57. The molecule has 2 aliphatic carbocycles. The summed E-state index contributed by atoms with van der Waals surface area (Å²) in [4.78, 5) is 0. The second-order valence-electron chi connectivity index (χ2n) is 6.97. The average Bonchev–Trinajstić information content (AvgIpc) is 3.37. The van der Waals surface area contributed by atoms with Crippen molar-refractivity contribution in [2.45, 2.75) is 26.7 Å². The van der Waals surface area contributed by atoms with E-state index in [0.29, 0.717) is 0 Å². The van der Waals surface area contributed by atoms with E-state index < -0.39 is 0 Å². The number of fused-ring (bicyclic) bond motifs is 3. The fraction of sp³-hybridized carbons (Fsp3) is 0.148. The summed E-state index contributed by atoms with van der Waals surface area (Å²) in [6.45, 7) is 4.25. The minimum absolute atomic E-state index is 0. The van der Waals surface area contributed by atoms with Gasteiger partial charge in [-0.1, -0.05) is 65.7 Å². The van der Waals surface area contributed by atoms with Gasteiger partial charge in [0.05, 0.1) is 0 Å². The molecule has 0 amide bonds. The van der Waals surface area contributed by atoms with Crippen LogP contribution in [0.4, 0.5) is 0 Å². The molecule has 0 fully saturated rings. The van der Waals surface area contributed by atoms with Crippen molar-refractivity contribution in [1.29, 1.82) is 0 Å². The van der Waals surface area contributed by atoms with Crippen molar-refractivity contribution in [1.82, 2.24) is 0 Å². The van der Waals surface area contributed by atoms with Crippen molar-refractivity contribution in [2.24, 2.45) is 0 Å². The summed E-state index contributed by atoms with van der Waals surface area (Å²) in [7, 11) is 0. The van der Waals surface area contributed by atoms with E-state index in [1.165, 1.54) is 36.6 Å². The van der Waals surface area contributed by atoms with E-state index in [4.69, 9.17) is 0 Å². The Morgan fingerprint density at radius 2 is 1.47 bits per heavy atom. The third-order valence-corrected chi connectivity index (χ3v) is 4.42. The summed E-state index contributed by atoms with van der Waals surface area (Å²) in [5.41, 5.74) is 8.10. The van der Waals surface area contributed by atoms with E-state index >= 15 is 0 Å². The predicted octanol–water partition coefficient (Wildman–Crippen LogP) is 0.644. The minimum atomic E-state index is 0. The van der Waals surface area contributed by atoms with E-state index in [9.17, 15) is 0 Å². The summed E-state index contributed by atoms with van der Waals surface area (Å²) in [5, 5.41) is 0. The molecule has 0 heterocycles. The summed E-state index contributed by atoms with van der Waals surface area (Å²) in [6.07, 6.45) is 9.40. The Morgan fingerprint density at radius 1 is 0.833 bits per heavy atom. The summed E-state index contributed by atoms with van der Waals surface area (Å²) >= 11 is 1.55. The molecule has 0 bridgehead atoms. The van der Waals surface area contributed by atoms with Crippen molar-refractivity contribution < 1.29 is 49.0 Å². The average molecular weight is 511 g/mol. The maximum atomic E-state index is 3.30. The molecule has 0 N–H and O–H groups in total. The smallest absolute Gasteiger partial charge is 0.0253 e. The molecular weight excluding hydrogens is 486 g/mol. The van der Waals surface area contributed by atoms with Gasteiger partial charge in [-0.2, -0.15) is 41.5 Å². The molecule has 2 aliphatic rings. The van der Waals surface area contributed by atoms with Crippen LogP contribution in [-0.4, -0.2) is 3.21 Å². The molecule has 0 saturated heterocycles. The van der Waals surface area contributed by atoms with Crippen molar-refractivity contribution in [3.63, 3.8) is 0 Å². The van der Waals surface area contributed by atoms with E-state index in [0.717, 1.165) is 12.8 Å². The summed E-state index contributed by atoms with van der Waals surface area (Å²) in [6, 6.07) is 28.5. The van der Waals surface area contributed by atoms with E-state index in [1.54, 1.807) is 24.2 Å². The van der Waals surface area contributed by atoms with E-state index in [1.807, 2.05) is 12.1 Å². The van der Waals surface area contributed by atoms with Gasteiger partial charge < -0.3 is 24.8 Å². The van der Waals surface area contributed by atoms with Crippen LogP contribution < -0.4 is 24.8 Å². The van der Waals surface area contributed by atoms with Crippen LogP contribution in [0.2, 0.25) is 0 Å². The van der Waals surface area contributed by atoms with Crippen LogP contribution >= 0.6 is 0 Å². The number of rotatable bonds is 1. The summed E-state index contributed by atoms with van der Waals surface area (Å²) in [5.74, 6) is 0. The Labute approximate surface area is 208 Å². The fourth-order valence-corrected chi connectivity index (χ4v) is 3.23. The van der Waals surface area contributed by atoms with Crippen molar-refractivity contribution >= 4 is 8.78 Å². The third kappa shape index (κ3) is 7.62. The van der Waals surface area contributed by atoms with Gasteiger partial charge in [0.15, 0.2) is 0 Å². The molecule has 30 heavy (non-hydrogen) atoms. The molecule has 152 valence electrons. The number of benzene rings is 3. The maximum Gasteiger partial charge on any atom is -0.0253 e. The quantitative estimate of drug-likeness (QED) is 0.330. The van der Waals surface area contributed by atoms with Crippen molar-refractivity contribution in [3.05, 3.63) is 114 Å². The second kappa shape index (κ2) is 13.7. The van der Waals surface area contributed by atoms with E-state index in [2.05, 4.69) is 98.8 Å². The maximum absolute atomic E-state index is 3.30.